The average Bonchev–Trinajstić information content (AvgIpc) is 3.31. The minimum atomic E-state index is -1.52. The van der Waals surface area contributed by atoms with E-state index in [1.54, 1.807) is 0 Å². The van der Waals surface area contributed by atoms with Gasteiger partial charge in [-0.15, -0.1) is 0 Å². The van der Waals surface area contributed by atoms with Crippen LogP contribution < -0.4 is 0 Å². The van der Waals surface area contributed by atoms with Gasteiger partial charge in [-0.2, -0.15) is 0 Å². The highest BCUT2D eigenvalue weighted by Gasteiger charge is 2.56. The van der Waals surface area contributed by atoms with Crippen molar-refractivity contribution in [3.63, 3.8) is 0 Å². The minimum absolute atomic E-state index is 0.0571. The van der Waals surface area contributed by atoms with Gasteiger partial charge in [0.2, 0.25) is 0 Å². The third-order valence-electron chi connectivity index (χ3n) is 8.13. The lowest BCUT2D eigenvalue weighted by atomic mass is 9.73. The molecule has 3 unspecified atom stereocenters. The molecule has 0 aromatic heterocycles. The number of carbonyl (C=O) groups excluding carboxylic acids is 1. The number of rotatable bonds is 8. The van der Waals surface area contributed by atoms with Crippen molar-refractivity contribution in [1.29, 1.82) is 0 Å². The van der Waals surface area contributed by atoms with Crippen LogP contribution >= 0.6 is 0 Å². The maximum absolute atomic E-state index is 13.3. The lowest BCUT2D eigenvalue weighted by Gasteiger charge is -2.36. The SMILES string of the molecule is O=C(OCC1C2CN(CCc3ccccc3)CC12)C(O)(c1ccccc1)C1CCCCC1. The number of hydrogen-bond donors (Lipinski definition) is 1. The van der Waals surface area contributed by atoms with E-state index in [4.69, 9.17) is 4.74 Å². The molecule has 32 heavy (non-hydrogen) atoms. The second kappa shape index (κ2) is 9.36. The monoisotopic (exact) mass is 433 g/mol. The summed E-state index contributed by atoms with van der Waals surface area (Å²) in [5, 5.41) is 11.6. The third-order valence-corrected chi connectivity index (χ3v) is 8.13. The molecule has 2 saturated carbocycles. The number of hydrogen-bond acceptors (Lipinski definition) is 4. The van der Waals surface area contributed by atoms with Crippen LogP contribution in [0.1, 0.15) is 43.2 Å². The number of nitrogens with zero attached hydrogens (tertiary/aromatic N) is 1. The smallest absolute Gasteiger partial charge is 0.343 e. The highest BCUT2D eigenvalue weighted by molar-refractivity contribution is 5.81. The minimum Gasteiger partial charge on any atom is -0.463 e. The second-order valence-electron chi connectivity index (χ2n) is 10.1. The summed E-state index contributed by atoms with van der Waals surface area (Å²) in [6, 6.07) is 20.1. The zero-order valence-electron chi connectivity index (χ0n) is 18.9. The van der Waals surface area contributed by atoms with Gasteiger partial charge >= 0.3 is 5.97 Å². The molecule has 3 fully saturated rings. The Morgan fingerprint density at radius 3 is 2.22 bits per heavy atom. The molecule has 3 atom stereocenters. The summed E-state index contributed by atoms with van der Waals surface area (Å²) >= 11 is 0. The predicted molar refractivity (Wildman–Crippen MR) is 125 cm³/mol. The van der Waals surface area contributed by atoms with Crippen LogP contribution in [0.2, 0.25) is 0 Å². The van der Waals surface area contributed by atoms with E-state index >= 15 is 0 Å². The number of esters is 1. The summed E-state index contributed by atoms with van der Waals surface area (Å²) in [4.78, 5) is 15.8. The van der Waals surface area contributed by atoms with Gasteiger partial charge in [0.1, 0.15) is 0 Å². The summed E-state index contributed by atoms with van der Waals surface area (Å²) in [5.41, 5.74) is 0.550. The number of aliphatic hydroxyl groups is 1. The molecule has 1 saturated heterocycles. The van der Waals surface area contributed by atoms with E-state index in [1.165, 1.54) is 12.0 Å². The zero-order chi connectivity index (χ0) is 22.0. The maximum Gasteiger partial charge on any atom is 0.343 e. The van der Waals surface area contributed by atoms with Crippen molar-refractivity contribution in [2.75, 3.05) is 26.2 Å². The molecule has 0 radical (unpaired) electrons. The summed E-state index contributed by atoms with van der Waals surface area (Å²) < 4.78 is 5.83. The van der Waals surface area contributed by atoms with E-state index < -0.39 is 11.6 Å². The van der Waals surface area contributed by atoms with E-state index in [9.17, 15) is 9.90 Å². The van der Waals surface area contributed by atoms with Gasteiger partial charge in [-0.3, -0.25) is 0 Å². The Morgan fingerprint density at radius 2 is 1.56 bits per heavy atom. The van der Waals surface area contributed by atoms with Crippen molar-refractivity contribution < 1.29 is 14.6 Å². The first kappa shape index (κ1) is 21.7. The number of piperidine rings is 1. The fraction of sp³-hybridized carbons (Fsp3) is 0.536. The number of ether oxygens (including phenoxy) is 1. The first-order valence-corrected chi connectivity index (χ1v) is 12.4. The van der Waals surface area contributed by atoms with E-state index in [-0.39, 0.29) is 5.92 Å². The van der Waals surface area contributed by atoms with Gasteiger partial charge in [-0.05, 0) is 42.2 Å². The first-order chi connectivity index (χ1) is 15.7. The molecule has 0 bridgehead atoms. The molecule has 4 heteroatoms. The normalized spacial score (nSPS) is 27.5. The Bertz CT molecular complexity index is 883. The summed E-state index contributed by atoms with van der Waals surface area (Å²) in [6.45, 7) is 3.75. The van der Waals surface area contributed by atoms with Crippen LogP contribution in [0.15, 0.2) is 60.7 Å². The number of carbonyl (C=O) groups is 1. The molecule has 4 nitrogen and oxygen atoms in total. The Morgan fingerprint density at radius 1 is 0.938 bits per heavy atom. The molecule has 170 valence electrons. The molecule has 5 rings (SSSR count). The largest absolute Gasteiger partial charge is 0.463 e. The molecule has 3 aliphatic rings. The van der Waals surface area contributed by atoms with Crippen molar-refractivity contribution in [2.45, 2.75) is 44.1 Å². The van der Waals surface area contributed by atoms with E-state index in [1.807, 2.05) is 30.3 Å². The van der Waals surface area contributed by atoms with Crippen LogP contribution in [0, 0.1) is 23.7 Å². The number of benzene rings is 2. The topological polar surface area (TPSA) is 49.8 Å². The summed E-state index contributed by atoms with van der Waals surface area (Å²) in [7, 11) is 0. The van der Waals surface area contributed by atoms with Crippen molar-refractivity contribution in [1.82, 2.24) is 4.90 Å². The number of likely N-dealkylation sites (tertiary alicyclic amines) is 1. The van der Waals surface area contributed by atoms with Crippen molar-refractivity contribution in [3.8, 4) is 0 Å². The lowest BCUT2D eigenvalue weighted by molar-refractivity contribution is -0.176. The maximum atomic E-state index is 13.3. The lowest BCUT2D eigenvalue weighted by Crippen LogP contribution is -2.45. The Labute approximate surface area is 191 Å². The van der Waals surface area contributed by atoms with E-state index in [0.717, 1.165) is 51.7 Å². The van der Waals surface area contributed by atoms with Crippen molar-refractivity contribution in [2.24, 2.45) is 23.7 Å². The van der Waals surface area contributed by atoms with Gasteiger partial charge in [0.15, 0.2) is 5.60 Å². The highest BCUT2D eigenvalue weighted by Crippen LogP contribution is 2.52. The van der Waals surface area contributed by atoms with Crippen LogP contribution in [0.25, 0.3) is 0 Å². The van der Waals surface area contributed by atoms with Crippen molar-refractivity contribution >= 4 is 5.97 Å². The molecule has 0 spiro atoms. The Kier molecular flexibility index (Phi) is 6.34. The quantitative estimate of drug-likeness (QED) is 0.626. The van der Waals surface area contributed by atoms with Crippen LogP contribution in [0.3, 0.4) is 0 Å². The average molecular weight is 434 g/mol. The van der Waals surface area contributed by atoms with Crippen LogP contribution in [0.4, 0.5) is 0 Å². The fourth-order valence-electron chi connectivity index (χ4n) is 6.11. The second-order valence-corrected chi connectivity index (χ2v) is 10.1. The number of fused-ring (bicyclic) bond motifs is 1. The van der Waals surface area contributed by atoms with Gasteiger partial charge in [0.25, 0.3) is 0 Å². The van der Waals surface area contributed by atoms with Gasteiger partial charge in [-0.1, -0.05) is 79.9 Å². The Balaban J connectivity index is 1.14. The predicted octanol–water partition coefficient (Wildman–Crippen LogP) is 4.42. The van der Waals surface area contributed by atoms with Crippen LogP contribution in [-0.2, 0) is 21.6 Å². The van der Waals surface area contributed by atoms with E-state index in [0.29, 0.717) is 29.9 Å². The molecule has 2 aromatic carbocycles. The molecular weight excluding hydrogens is 398 g/mol. The Hall–Kier alpha value is -2.17. The zero-order valence-corrected chi connectivity index (χ0v) is 18.9. The van der Waals surface area contributed by atoms with Crippen LogP contribution in [-0.4, -0.2) is 42.2 Å². The molecule has 1 aliphatic heterocycles. The molecule has 2 aromatic rings. The molecular formula is C28H35NO3. The van der Waals surface area contributed by atoms with E-state index in [2.05, 4.69) is 35.2 Å². The van der Waals surface area contributed by atoms with Gasteiger partial charge in [0, 0.05) is 31.5 Å². The van der Waals surface area contributed by atoms with Crippen molar-refractivity contribution in [3.05, 3.63) is 71.8 Å². The molecule has 0 amide bonds. The van der Waals surface area contributed by atoms with Gasteiger partial charge < -0.3 is 14.7 Å². The van der Waals surface area contributed by atoms with Gasteiger partial charge in [0.05, 0.1) is 6.61 Å². The highest BCUT2D eigenvalue weighted by atomic mass is 16.6. The first-order valence-electron chi connectivity index (χ1n) is 12.4. The molecule has 1 heterocycles. The summed E-state index contributed by atoms with van der Waals surface area (Å²) in [5.74, 6) is 1.23. The molecule has 1 N–H and O–H groups in total. The summed E-state index contributed by atoms with van der Waals surface area (Å²) in [6.07, 6.45) is 6.17. The van der Waals surface area contributed by atoms with Crippen LogP contribution in [0.5, 0.6) is 0 Å². The van der Waals surface area contributed by atoms with Gasteiger partial charge in [-0.25, -0.2) is 4.79 Å². The molecule has 2 aliphatic carbocycles. The standard InChI is InChI=1S/C28H35NO3/c30-27(28(31,22-12-6-2-7-13-22)23-14-8-3-9-15-23)32-20-26-24-18-29(19-25(24)26)17-16-21-10-4-1-5-11-21/h1-2,4-7,10-13,23-26,31H,3,8-9,14-20H2. The fourth-order valence-corrected chi connectivity index (χ4v) is 6.11. The third kappa shape index (κ3) is 4.35.